The molecule has 2 aromatic carbocycles. The smallest absolute Gasteiger partial charge is 0.344 e. The Bertz CT molecular complexity index is 1080. The van der Waals surface area contributed by atoms with Crippen LogP contribution >= 0.6 is 0 Å². The number of esters is 2. The highest BCUT2D eigenvalue weighted by Crippen LogP contribution is 2.35. The summed E-state index contributed by atoms with van der Waals surface area (Å²) in [5, 5.41) is 11.2. The quantitative estimate of drug-likeness (QED) is 0.435. The Morgan fingerprint density at radius 3 is 2.38 bits per heavy atom. The molecule has 3 aromatic rings. The summed E-state index contributed by atoms with van der Waals surface area (Å²) in [6.07, 6.45) is 0. The molecule has 0 radical (unpaired) electrons. The molecule has 7 nitrogen and oxygen atoms in total. The first-order chi connectivity index (χ1) is 12.5. The SMILES string of the molecule is CCOC(=O)c1cc2c(=O)oc3ccccc3c2c(C(=O)OCC)c1O. The van der Waals surface area contributed by atoms with E-state index in [4.69, 9.17) is 13.9 Å². The highest BCUT2D eigenvalue weighted by Gasteiger charge is 2.27. The number of hydrogen-bond donors (Lipinski definition) is 1. The molecule has 0 saturated carbocycles. The number of fused-ring (bicyclic) bond motifs is 3. The van der Waals surface area contributed by atoms with E-state index in [-0.39, 0.29) is 40.7 Å². The van der Waals surface area contributed by atoms with Crippen LogP contribution in [0.4, 0.5) is 0 Å². The number of hydrogen-bond acceptors (Lipinski definition) is 7. The highest BCUT2D eigenvalue weighted by molar-refractivity contribution is 6.18. The van der Waals surface area contributed by atoms with Crippen LogP contribution in [0.5, 0.6) is 5.75 Å². The highest BCUT2D eigenvalue weighted by atomic mass is 16.5. The lowest BCUT2D eigenvalue weighted by molar-refractivity contribution is 0.0520. The Morgan fingerprint density at radius 2 is 1.69 bits per heavy atom. The van der Waals surface area contributed by atoms with Gasteiger partial charge in [0.25, 0.3) is 0 Å². The maximum absolute atomic E-state index is 12.5. The van der Waals surface area contributed by atoms with Gasteiger partial charge in [-0.1, -0.05) is 18.2 Å². The van der Waals surface area contributed by atoms with E-state index in [9.17, 15) is 19.5 Å². The van der Waals surface area contributed by atoms with E-state index < -0.39 is 23.3 Å². The average Bonchev–Trinajstić information content (AvgIpc) is 2.61. The second-order valence-electron chi connectivity index (χ2n) is 5.40. The standard InChI is InChI=1S/C19H16O7/c1-3-24-17(21)12-9-11-14(15(16(12)20)19(23)25-4-2)10-7-5-6-8-13(10)26-18(11)22/h5-9,20H,3-4H2,1-2H3. The molecule has 1 heterocycles. The van der Waals surface area contributed by atoms with Crippen LogP contribution in [0.1, 0.15) is 34.6 Å². The van der Waals surface area contributed by atoms with Gasteiger partial charge in [-0.05, 0) is 26.0 Å². The van der Waals surface area contributed by atoms with Crippen LogP contribution in [0.25, 0.3) is 21.7 Å². The predicted molar refractivity (Wildman–Crippen MR) is 93.6 cm³/mol. The molecule has 0 aliphatic carbocycles. The number of aromatic hydroxyl groups is 1. The lowest BCUT2D eigenvalue weighted by atomic mass is 9.97. The molecule has 7 heteroatoms. The number of phenols is 1. The van der Waals surface area contributed by atoms with Crippen LogP contribution in [0.2, 0.25) is 0 Å². The number of rotatable bonds is 4. The molecular formula is C19H16O7. The Morgan fingerprint density at radius 1 is 1.04 bits per heavy atom. The van der Waals surface area contributed by atoms with Gasteiger partial charge >= 0.3 is 17.6 Å². The molecule has 1 N–H and O–H groups in total. The van der Waals surface area contributed by atoms with Crippen LogP contribution in [-0.2, 0) is 9.47 Å². The van der Waals surface area contributed by atoms with Gasteiger partial charge in [0.2, 0.25) is 0 Å². The fourth-order valence-corrected chi connectivity index (χ4v) is 2.80. The summed E-state index contributed by atoms with van der Waals surface area (Å²) >= 11 is 0. The molecule has 0 aliphatic heterocycles. The van der Waals surface area contributed by atoms with Crippen molar-refractivity contribution in [3.05, 3.63) is 51.9 Å². The Labute approximate surface area is 147 Å². The van der Waals surface area contributed by atoms with Gasteiger partial charge in [-0.25, -0.2) is 14.4 Å². The van der Waals surface area contributed by atoms with E-state index in [2.05, 4.69) is 0 Å². The van der Waals surface area contributed by atoms with E-state index in [1.165, 1.54) is 6.07 Å². The third-order valence-corrected chi connectivity index (χ3v) is 3.85. The second-order valence-corrected chi connectivity index (χ2v) is 5.40. The van der Waals surface area contributed by atoms with Crippen molar-refractivity contribution in [1.29, 1.82) is 0 Å². The normalized spacial score (nSPS) is 10.8. The maximum atomic E-state index is 12.5. The zero-order chi connectivity index (χ0) is 18.8. The minimum Gasteiger partial charge on any atom is -0.506 e. The fourth-order valence-electron chi connectivity index (χ4n) is 2.80. The molecule has 0 amide bonds. The van der Waals surface area contributed by atoms with Crippen molar-refractivity contribution in [1.82, 2.24) is 0 Å². The number of para-hydroxylation sites is 1. The lowest BCUT2D eigenvalue weighted by Gasteiger charge is -2.13. The molecule has 0 saturated heterocycles. The molecule has 0 bridgehead atoms. The molecule has 3 rings (SSSR count). The molecule has 1 aromatic heterocycles. The van der Waals surface area contributed by atoms with Crippen molar-refractivity contribution >= 4 is 33.7 Å². The van der Waals surface area contributed by atoms with Gasteiger partial charge in [0.05, 0.1) is 18.6 Å². The number of ether oxygens (including phenoxy) is 2. The van der Waals surface area contributed by atoms with Gasteiger partial charge in [0.15, 0.2) is 0 Å². The summed E-state index contributed by atoms with van der Waals surface area (Å²) in [7, 11) is 0. The summed E-state index contributed by atoms with van der Waals surface area (Å²) in [5.41, 5.74) is -1.06. The van der Waals surface area contributed by atoms with Gasteiger partial charge in [0.1, 0.15) is 22.5 Å². The van der Waals surface area contributed by atoms with Crippen molar-refractivity contribution in [3.63, 3.8) is 0 Å². The Hall–Kier alpha value is -3.35. The number of benzene rings is 2. The molecular weight excluding hydrogens is 340 g/mol. The first-order valence-corrected chi connectivity index (χ1v) is 8.05. The van der Waals surface area contributed by atoms with E-state index in [0.717, 1.165) is 0 Å². The summed E-state index contributed by atoms with van der Waals surface area (Å²) in [4.78, 5) is 37.1. The van der Waals surface area contributed by atoms with Gasteiger partial charge in [0, 0.05) is 10.8 Å². The van der Waals surface area contributed by atoms with E-state index in [1.54, 1.807) is 38.1 Å². The molecule has 0 atom stereocenters. The number of phenolic OH excluding ortho intramolecular Hbond substituents is 1. The summed E-state index contributed by atoms with van der Waals surface area (Å²) < 4.78 is 15.2. The van der Waals surface area contributed by atoms with Crippen LogP contribution in [-0.4, -0.2) is 30.3 Å². The first kappa shape index (κ1) is 17.5. The first-order valence-electron chi connectivity index (χ1n) is 8.05. The van der Waals surface area contributed by atoms with Gasteiger partial charge in [-0.15, -0.1) is 0 Å². The second kappa shape index (κ2) is 6.87. The van der Waals surface area contributed by atoms with Crippen LogP contribution < -0.4 is 5.63 Å². The zero-order valence-electron chi connectivity index (χ0n) is 14.2. The summed E-state index contributed by atoms with van der Waals surface area (Å²) in [5.74, 6) is -2.30. The third kappa shape index (κ3) is 2.77. The molecule has 0 aliphatic rings. The van der Waals surface area contributed by atoms with Gasteiger partial charge < -0.3 is 19.0 Å². The van der Waals surface area contributed by atoms with Crippen molar-refractivity contribution in [2.75, 3.05) is 13.2 Å². The van der Waals surface area contributed by atoms with Gasteiger partial charge in [-0.2, -0.15) is 0 Å². The molecule has 0 fully saturated rings. The predicted octanol–water partition coefficient (Wildman–Crippen LogP) is 3.01. The molecule has 26 heavy (non-hydrogen) atoms. The lowest BCUT2D eigenvalue weighted by Crippen LogP contribution is -2.13. The summed E-state index contributed by atoms with van der Waals surface area (Å²) in [6, 6.07) is 7.76. The van der Waals surface area contributed by atoms with Crippen LogP contribution in [0.15, 0.2) is 39.5 Å². The molecule has 0 unspecified atom stereocenters. The van der Waals surface area contributed by atoms with Crippen LogP contribution in [0, 0.1) is 0 Å². The largest absolute Gasteiger partial charge is 0.506 e. The van der Waals surface area contributed by atoms with Crippen molar-refractivity contribution in [2.45, 2.75) is 13.8 Å². The maximum Gasteiger partial charge on any atom is 0.344 e. The topological polar surface area (TPSA) is 103 Å². The Balaban J connectivity index is 2.51. The molecule has 134 valence electrons. The van der Waals surface area contributed by atoms with E-state index in [1.807, 2.05) is 0 Å². The monoisotopic (exact) mass is 356 g/mol. The summed E-state index contributed by atoms with van der Waals surface area (Å²) in [6.45, 7) is 3.34. The minimum absolute atomic E-state index is 0.0207. The third-order valence-electron chi connectivity index (χ3n) is 3.85. The average molecular weight is 356 g/mol. The van der Waals surface area contributed by atoms with E-state index in [0.29, 0.717) is 5.39 Å². The van der Waals surface area contributed by atoms with Gasteiger partial charge in [-0.3, -0.25) is 0 Å². The van der Waals surface area contributed by atoms with Crippen molar-refractivity contribution < 1.29 is 28.6 Å². The molecule has 0 spiro atoms. The number of carbonyl (C=O) groups excluding carboxylic acids is 2. The fraction of sp³-hybridized carbons (Fsp3) is 0.211. The Kier molecular flexibility index (Phi) is 4.62. The minimum atomic E-state index is -0.856. The van der Waals surface area contributed by atoms with Crippen molar-refractivity contribution in [3.8, 4) is 5.75 Å². The van der Waals surface area contributed by atoms with Crippen LogP contribution in [0.3, 0.4) is 0 Å². The van der Waals surface area contributed by atoms with E-state index >= 15 is 0 Å². The number of carbonyl (C=O) groups is 2. The van der Waals surface area contributed by atoms with Crippen molar-refractivity contribution in [2.24, 2.45) is 0 Å². The zero-order valence-corrected chi connectivity index (χ0v) is 14.2.